The second-order valence-electron chi connectivity index (χ2n) is 7.61. The zero-order chi connectivity index (χ0) is 24.1. The number of hydrogen-bond donors (Lipinski definition) is 1. The molecule has 0 saturated carbocycles. The molecule has 7 heteroatoms. The number of carbonyl (C=O) groups excluding carboxylic acids is 2. The van der Waals surface area contributed by atoms with Gasteiger partial charge in [-0.05, 0) is 42.9 Å². The predicted molar refractivity (Wildman–Crippen MR) is 130 cm³/mol. The highest BCUT2D eigenvalue weighted by Crippen LogP contribution is 2.24. The molecular formula is C26H34N4O3. The highest BCUT2D eigenvalue weighted by Gasteiger charge is 2.21. The maximum absolute atomic E-state index is 12.8. The second kappa shape index (κ2) is 13.9. The maximum Gasteiger partial charge on any atom is 0.227 e. The summed E-state index contributed by atoms with van der Waals surface area (Å²) in [5, 5.41) is 11.9. The van der Waals surface area contributed by atoms with Gasteiger partial charge in [0.2, 0.25) is 11.8 Å². The average Bonchev–Trinajstić information content (AvgIpc) is 2.86. The van der Waals surface area contributed by atoms with Crippen LogP contribution in [0.25, 0.3) is 0 Å². The number of amides is 2. The SMILES string of the molecule is CCN(CC)C(CNC(=O)CCC(=O)N(CCC#N)c1ccccc1)c1cccc(OC)c1. The Morgan fingerprint density at radius 3 is 2.42 bits per heavy atom. The number of anilines is 1. The van der Waals surface area contributed by atoms with Crippen LogP contribution in [0.1, 0.15) is 44.7 Å². The van der Waals surface area contributed by atoms with E-state index in [4.69, 9.17) is 10.00 Å². The van der Waals surface area contributed by atoms with E-state index in [2.05, 4.69) is 30.1 Å². The molecule has 2 rings (SSSR count). The van der Waals surface area contributed by atoms with Gasteiger partial charge < -0.3 is 15.0 Å². The van der Waals surface area contributed by atoms with Gasteiger partial charge in [0.25, 0.3) is 0 Å². The van der Waals surface area contributed by atoms with Gasteiger partial charge in [-0.15, -0.1) is 0 Å². The fraction of sp³-hybridized carbons (Fsp3) is 0.423. The van der Waals surface area contributed by atoms with Crippen LogP contribution in [-0.2, 0) is 9.59 Å². The minimum absolute atomic E-state index is 0.00574. The number of rotatable bonds is 13. The van der Waals surface area contributed by atoms with Crippen molar-refractivity contribution >= 4 is 17.5 Å². The number of hydrogen-bond acceptors (Lipinski definition) is 5. The Bertz CT molecular complexity index is 923. The Hall–Kier alpha value is -3.37. The van der Waals surface area contributed by atoms with Gasteiger partial charge in [0.1, 0.15) is 5.75 Å². The topological polar surface area (TPSA) is 85.7 Å². The molecule has 7 nitrogen and oxygen atoms in total. The molecule has 0 heterocycles. The summed E-state index contributed by atoms with van der Waals surface area (Å²) in [6, 6.07) is 19.2. The van der Waals surface area contributed by atoms with E-state index in [0.29, 0.717) is 13.1 Å². The van der Waals surface area contributed by atoms with Crippen LogP contribution in [0.2, 0.25) is 0 Å². The molecule has 2 amide bonds. The van der Waals surface area contributed by atoms with Crippen LogP contribution >= 0.6 is 0 Å². The van der Waals surface area contributed by atoms with Gasteiger partial charge in [0, 0.05) is 31.6 Å². The lowest BCUT2D eigenvalue weighted by atomic mass is 10.0. The van der Waals surface area contributed by atoms with Crippen molar-refractivity contribution in [3.63, 3.8) is 0 Å². The van der Waals surface area contributed by atoms with E-state index in [-0.39, 0.29) is 37.1 Å². The first-order valence-corrected chi connectivity index (χ1v) is 11.4. The Labute approximate surface area is 196 Å². The quantitative estimate of drug-likeness (QED) is 0.500. The van der Waals surface area contributed by atoms with Crippen molar-refractivity contribution in [3.8, 4) is 11.8 Å². The molecule has 176 valence electrons. The number of nitrogens with zero attached hydrogens (tertiary/aromatic N) is 3. The van der Waals surface area contributed by atoms with Crippen LogP contribution in [0.3, 0.4) is 0 Å². The van der Waals surface area contributed by atoms with E-state index in [1.807, 2.05) is 54.6 Å². The third kappa shape index (κ3) is 7.92. The predicted octanol–water partition coefficient (Wildman–Crippen LogP) is 3.92. The van der Waals surface area contributed by atoms with Crippen molar-refractivity contribution in [1.29, 1.82) is 5.26 Å². The van der Waals surface area contributed by atoms with Gasteiger partial charge >= 0.3 is 0 Å². The van der Waals surface area contributed by atoms with Crippen LogP contribution in [0.5, 0.6) is 5.75 Å². The lowest BCUT2D eigenvalue weighted by Gasteiger charge is -2.30. The first kappa shape index (κ1) is 25.9. The molecule has 0 spiro atoms. The van der Waals surface area contributed by atoms with Gasteiger partial charge in [0.05, 0.1) is 25.6 Å². The van der Waals surface area contributed by atoms with Gasteiger partial charge in [0.15, 0.2) is 0 Å². The van der Waals surface area contributed by atoms with Crippen molar-refractivity contribution < 1.29 is 14.3 Å². The summed E-state index contributed by atoms with van der Waals surface area (Å²) in [4.78, 5) is 29.3. The smallest absolute Gasteiger partial charge is 0.227 e. The van der Waals surface area contributed by atoms with Gasteiger partial charge in [-0.2, -0.15) is 5.26 Å². The number of benzene rings is 2. The second-order valence-corrected chi connectivity index (χ2v) is 7.61. The highest BCUT2D eigenvalue weighted by atomic mass is 16.5. The van der Waals surface area contributed by atoms with Crippen molar-refractivity contribution in [2.24, 2.45) is 0 Å². The summed E-state index contributed by atoms with van der Waals surface area (Å²) in [7, 11) is 1.64. The normalized spacial score (nSPS) is 11.5. The number of likely N-dealkylation sites (N-methyl/N-ethyl adjacent to an activating group) is 1. The minimum Gasteiger partial charge on any atom is -0.497 e. The lowest BCUT2D eigenvalue weighted by Crippen LogP contribution is -2.38. The van der Waals surface area contributed by atoms with E-state index < -0.39 is 0 Å². The average molecular weight is 451 g/mol. The first-order valence-electron chi connectivity index (χ1n) is 11.4. The van der Waals surface area contributed by atoms with E-state index in [1.165, 1.54) is 0 Å². The standard InChI is InChI=1S/C26H34N4O3/c1-4-29(5-2)24(21-11-9-14-23(19-21)33-3)20-28-25(31)15-16-26(32)30(18-10-17-27)22-12-7-6-8-13-22/h6-9,11-14,19,24H,4-5,10,15-16,18,20H2,1-3H3,(H,28,31). The number of methoxy groups -OCH3 is 1. The van der Waals surface area contributed by atoms with E-state index in [9.17, 15) is 9.59 Å². The van der Waals surface area contributed by atoms with E-state index in [0.717, 1.165) is 30.1 Å². The summed E-state index contributed by atoms with van der Waals surface area (Å²) >= 11 is 0. The Morgan fingerprint density at radius 1 is 1.06 bits per heavy atom. The molecular weight excluding hydrogens is 416 g/mol. The fourth-order valence-corrected chi connectivity index (χ4v) is 3.79. The van der Waals surface area contributed by atoms with Crippen LogP contribution < -0.4 is 15.0 Å². The Balaban J connectivity index is 1.99. The molecule has 1 atom stereocenters. The number of ether oxygens (including phenoxy) is 1. The first-order chi connectivity index (χ1) is 16.0. The molecule has 0 saturated heterocycles. The highest BCUT2D eigenvalue weighted by molar-refractivity contribution is 5.95. The molecule has 1 N–H and O–H groups in total. The van der Waals surface area contributed by atoms with Crippen molar-refractivity contribution in [2.75, 3.05) is 38.2 Å². The molecule has 2 aromatic carbocycles. The van der Waals surface area contributed by atoms with Gasteiger partial charge in [-0.25, -0.2) is 0 Å². The van der Waals surface area contributed by atoms with Crippen molar-refractivity contribution in [2.45, 2.75) is 39.2 Å². The van der Waals surface area contributed by atoms with E-state index in [1.54, 1.807) is 12.0 Å². The van der Waals surface area contributed by atoms with Crippen LogP contribution in [0, 0.1) is 11.3 Å². The summed E-state index contributed by atoms with van der Waals surface area (Å²) < 4.78 is 5.36. The molecule has 1 unspecified atom stereocenters. The van der Waals surface area contributed by atoms with Crippen molar-refractivity contribution in [3.05, 3.63) is 60.2 Å². The summed E-state index contributed by atoms with van der Waals surface area (Å²) in [5.41, 5.74) is 1.80. The lowest BCUT2D eigenvalue weighted by molar-refractivity contribution is -0.125. The molecule has 0 fully saturated rings. The zero-order valence-electron chi connectivity index (χ0n) is 19.8. The summed E-state index contributed by atoms with van der Waals surface area (Å²) in [6.45, 7) is 6.63. The van der Waals surface area contributed by atoms with Crippen LogP contribution in [-0.4, -0.2) is 50.0 Å². The summed E-state index contributed by atoms with van der Waals surface area (Å²) in [5.74, 6) is 0.441. The van der Waals surface area contributed by atoms with E-state index >= 15 is 0 Å². The number of para-hydroxylation sites is 1. The molecule has 0 aliphatic rings. The molecule has 0 aromatic heterocycles. The third-order valence-electron chi connectivity index (χ3n) is 5.61. The van der Waals surface area contributed by atoms with Gasteiger partial charge in [-0.1, -0.05) is 44.2 Å². The number of carbonyl (C=O) groups is 2. The fourth-order valence-electron chi connectivity index (χ4n) is 3.79. The Morgan fingerprint density at radius 2 is 1.79 bits per heavy atom. The van der Waals surface area contributed by atoms with Crippen LogP contribution in [0.4, 0.5) is 5.69 Å². The van der Waals surface area contributed by atoms with Gasteiger partial charge in [-0.3, -0.25) is 14.5 Å². The number of nitriles is 1. The molecule has 2 aromatic rings. The molecule has 0 radical (unpaired) electrons. The molecule has 0 aliphatic carbocycles. The minimum atomic E-state index is -0.170. The monoisotopic (exact) mass is 450 g/mol. The van der Waals surface area contributed by atoms with Crippen LogP contribution in [0.15, 0.2) is 54.6 Å². The largest absolute Gasteiger partial charge is 0.497 e. The molecule has 0 aliphatic heterocycles. The Kier molecular flexibility index (Phi) is 10.9. The van der Waals surface area contributed by atoms with Crippen molar-refractivity contribution in [1.82, 2.24) is 10.2 Å². The molecule has 0 bridgehead atoms. The third-order valence-corrected chi connectivity index (χ3v) is 5.61. The number of nitrogens with one attached hydrogen (secondary N) is 1. The maximum atomic E-state index is 12.8. The summed E-state index contributed by atoms with van der Waals surface area (Å²) in [6.07, 6.45) is 0.415. The molecule has 33 heavy (non-hydrogen) atoms. The zero-order valence-corrected chi connectivity index (χ0v) is 19.8.